The van der Waals surface area contributed by atoms with Crippen LogP contribution in [0.15, 0.2) is 54.6 Å². The largest absolute Gasteiger partial charge is 0.354 e. The molecule has 1 aromatic heterocycles. The first-order valence-corrected chi connectivity index (χ1v) is 8.88. The molecule has 4 rings (SSSR count). The van der Waals surface area contributed by atoms with Crippen LogP contribution in [0.25, 0.3) is 22.0 Å². The monoisotopic (exact) mass is 335 g/mol. The van der Waals surface area contributed by atoms with E-state index in [0.29, 0.717) is 5.56 Å². The molecule has 0 spiro atoms. The number of piperazine rings is 1. The van der Waals surface area contributed by atoms with Gasteiger partial charge in [-0.2, -0.15) is 0 Å². The minimum Gasteiger partial charge on any atom is -0.354 e. The molecule has 4 heteroatoms. The molecule has 2 heterocycles. The van der Waals surface area contributed by atoms with Crippen molar-refractivity contribution < 1.29 is 4.39 Å². The average Bonchev–Trinajstić information content (AvgIpc) is 2.68. The van der Waals surface area contributed by atoms with E-state index in [0.717, 1.165) is 55.0 Å². The van der Waals surface area contributed by atoms with Gasteiger partial charge in [0, 0.05) is 42.7 Å². The number of hydrogen-bond donors (Lipinski definition) is 0. The quantitative estimate of drug-likeness (QED) is 0.716. The summed E-state index contributed by atoms with van der Waals surface area (Å²) in [7, 11) is 0. The van der Waals surface area contributed by atoms with Gasteiger partial charge in [0.15, 0.2) is 0 Å². The molecule has 1 aliphatic rings. The summed E-state index contributed by atoms with van der Waals surface area (Å²) in [6.45, 7) is 7.37. The lowest BCUT2D eigenvalue weighted by atomic mass is 10.0. The van der Waals surface area contributed by atoms with E-state index < -0.39 is 0 Å². The number of nitrogens with zero attached hydrogens (tertiary/aromatic N) is 3. The van der Waals surface area contributed by atoms with Gasteiger partial charge >= 0.3 is 0 Å². The molecule has 0 radical (unpaired) electrons. The molecule has 0 aliphatic carbocycles. The van der Waals surface area contributed by atoms with Crippen LogP contribution in [0.4, 0.5) is 10.2 Å². The van der Waals surface area contributed by atoms with E-state index in [1.807, 2.05) is 30.3 Å². The Labute approximate surface area is 147 Å². The zero-order chi connectivity index (χ0) is 17.2. The van der Waals surface area contributed by atoms with Crippen LogP contribution in [0.1, 0.15) is 6.92 Å². The second-order valence-corrected chi connectivity index (χ2v) is 6.45. The Kier molecular flexibility index (Phi) is 4.36. The Bertz CT molecular complexity index is 885. The van der Waals surface area contributed by atoms with Crippen LogP contribution < -0.4 is 4.90 Å². The summed E-state index contributed by atoms with van der Waals surface area (Å²) in [5.41, 5.74) is 2.32. The summed E-state index contributed by atoms with van der Waals surface area (Å²) in [5, 5.41) is 1.04. The van der Waals surface area contributed by atoms with Crippen LogP contribution in [-0.2, 0) is 0 Å². The molecule has 0 unspecified atom stereocenters. The molecular weight excluding hydrogens is 313 g/mol. The van der Waals surface area contributed by atoms with E-state index in [4.69, 9.17) is 4.98 Å². The minimum atomic E-state index is -0.209. The summed E-state index contributed by atoms with van der Waals surface area (Å²) < 4.78 is 14.3. The number of benzene rings is 2. The Morgan fingerprint density at radius 3 is 2.40 bits per heavy atom. The number of hydrogen-bond acceptors (Lipinski definition) is 3. The molecule has 0 saturated carbocycles. The van der Waals surface area contributed by atoms with Crippen molar-refractivity contribution in [3.63, 3.8) is 0 Å². The maximum absolute atomic E-state index is 14.3. The third-order valence-electron chi connectivity index (χ3n) is 5.01. The van der Waals surface area contributed by atoms with Crippen molar-refractivity contribution in [3.8, 4) is 11.1 Å². The SMILES string of the molecule is CCN1CCN(c2ccc3cccc(-c4ccccc4F)c3n2)CC1. The second-order valence-electron chi connectivity index (χ2n) is 6.45. The van der Waals surface area contributed by atoms with Crippen molar-refractivity contribution in [1.82, 2.24) is 9.88 Å². The number of likely N-dealkylation sites (N-methyl/N-ethyl adjacent to an activating group) is 1. The fraction of sp³-hybridized carbons (Fsp3) is 0.286. The Morgan fingerprint density at radius 2 is 1.64 bits per heavy atom. The number of anilines is 1. The lowest BCUT2D eigenvalue weighted by Crippen LogP contribution is -2.46. The average molecular weight is 335 g/mol. The molecule has 0 atom stereocenters. The first kappa shape index (κ1) is 16.0. The first-order chi connectivity index (χ1) is 12.3. The van der Waals surface area contributed by atoms with Gasteiger partial charge < -0.3 is 9.80 Å². The van der Waals surface area contributed by atoms with Crippen molar-refractivity contribution in [2.24, 2.45) is 0 Å². The normalized spacial score (nSPS) is 15.7. The fourth-order valence-electron chi connectivity index (χ4n) is 3.50. The number of fused-ring (bicyclic) bond motifs is 1. The molecule has 1 aliphatic heterocycles. The van der Waals surface area contributed by atoms with Crippen LogP contribution in [-0.4, -0.2) is 42.6 Å². The van der Waals surface area contributed by atoms with Crippen molar-refractivity contribution in [1.29, 1.82) is 0 Å². The molecule has 128 valence electrons. The van der Waals surface area contributed by atoms with Gasteiger partial charge in [-0.05, 0) is 24.7 Å². The number of halogens is 1. The van der Waals surface area contributed by atoms with E-state index in [1.54, 1.807) is 6.07 Å². The summed E-state index contributed by atoms with van der Waals surface area (Å²) >= 11 is 0. The molecular formula is C21H22FN3. The third-order valence-corrected chi connectivity index (χ3v) is 5.01. The van der Waals surface area contributed by atoms with Gasteiger partial charge in [-0.25, -0.2) is 9.37 Å². The standard InChI is InChI=1S/C21H22FN3/c1-2-24-12-14-25(15-13-24)20-11-10-16-6-5-8-18(21(16)23-20)17-7-3-4-9-19(17)22/h3-11H,2,12-15H2,1H3. The lowest BCUT2D eigenvalue weighted by molar-refractivity contribution is 0.270. The lowest BCUT2D eigenvalue weighted by Gasteiger charge is -2.34. The van der Waals surface area contributed by atoms with Gasteiger partial charge in [0.25, 0.3) is 0 Å². The minimum absolute atomic E-state index is 0.209. The zero-order valence-corrected chi connectivity index (χ0v) is 14.5. The third kappa shape index (κ3) is 3.10. The predicted octanol–water partition coefficient (Wildman–Crippen LogP) is 4.18. The molecule has 25 heavy (non-hydrogen) atoms. The van der Waals surface area contributed by atoms with Crippen molar-refractivity contribution in [2.45, 2.75) is 6.92 Å². The van der Waals surface area contributed by atoms with Gasteiger partial charge in [0.05, 0.1) is 5.52 Å². The van der Waals surface area contributed by atoms with Crippen molar-refractivity contribution in [2.75, 3.05) is 37.6 Å². The highest BCUT2D eigenvalue weighted by atomic mass is 19.1. The Morgan fingerprint density at radius 1 is 0.880 bits per heavy atom. The Balaban J connectivity index is 1.75. The molecule has 0 N–H and O–H groups in total. The number of aromatic nitrogens is 1. The van der Waals surface area contributed by atoms with Crippen LogP contribution in [0, 0.1) is 5.82 Å². The van der Waals surface area contributed by atoms with Gasteiger partial charge in [0.2, 0.25) is 0 Å². The maximum atomic E-state index is 14.3. The van der Waals surface area contributed by atoms with Crippen LogP contribution in [0.2, 0.25) is 0 Å². The second kappa shape index (κ2) is 6.81. The van der Waals surface area contributed by atoms with Crippen LogP contribution >= 0.6 is 0 Å². The summed E-state index contributed by atoms with van der Waals surface area (Å²) in [4.78, 5) is 9.68. The van der Waals surface area contributed by atoms with Crippen LogP contribution in [0.5, 0.6) is 0 Å². The zero-order valence-electron chi connectivity index (χ0n) is 14.5. The van der Waals surface area contributed by atoms with E-state index in [2.05, 4.69) is 28.9 Å². The topological polar surface area (TPSA) is 19.4 Å². The van der Waals surface area contributed by atoms with Gasteiger partial charge in [0.1, 0.15) is 11.6 Å². The number of rotatable bonds is 3. The smallest absolute Gasteiger partial charge is 0.131 e. The summed E-state index contributed by atoms with van der Waals surface area (Å²) in [6, 6.07) is 17.0. The van der Waals surface area contributed by atoms with Crippen molar-refractivity contribution >= 4 is 16.7 Å². The first-order valence-electron chi connectivity index (χ1n) is 8.88. The molecule has 0 amide bonds. The Hall–Kier alpha value is -2.46. The highest BCUT2D eigenvalue weighted by molar-refractivity contribution is 5.94. The predicted molar refractivity (Wildman–Crippen MR) is 101 cm³/mol. The van der Waals surface area contributed by atoms with Crippen LogP contribution in [0.3, 0.4) is 0 Å². The fourth-order valence-corrected chi connectivity index (χ4v) is 3.50. The van der Waals surface area contributed by atoms with Gasteiger partial charge in [-0.1, -0.05) is 43.3 Å². The highest BCUT2D eigenvalue weighted by Crippen LogP contribution is 2.30. The molecule has 2 aromatic carbocycles. The van der Waals surface area contributed by atoms with E-state index >= 15 is 0 Å². The molecule has 3 aromatic rings. The van der Waals surface area contributed by atoms with Gasteiger partial charge in [-0.3, -0.25) is 0 Å². The molecule has 3 nitrogen and oxygen atoms in total. The highest BCUT2D eigenvalue weighted by Gasteiger charge is 2.18. The molecule has 1 fully saturated rings. The summed E-state index contributed by atoms with van der Waals surface area (Å²) in [5.74, 6) is 0.769. The van der Waals surface area contributed by atoms with Gasteiger partial charge in [-0.15, -0.1) is 0 Å². The number of para-hydroxylation sites is 1. The molecule has 0 bridgehead atoms. The summed E-state index contributed by atoms with van der Waals surface area (Å²) in [6.07, 6.45) is 0. The van der Waals surface area contributed by atoms with E-state index in [1.165, 1.54) is 6.07 Å². The van der Waals surface area contributed by atoms with E-state index in [9.17, 15) is 4.39 Å². The maximum Gasteiger partial charge on any atom is 0.131 e. The number of pyridine rings is 1. The van der Waals surface area contributed by atoms with E-state index in [-0.39, 0.29) is 5.82 Å². The van der Waals surface area contributed by atoms with Crippen molar-refractivity contribution in [3.05, 3.63) is 60.4 Å². The molecule has 1 saturated heterocycles.